The zero-order valence-corrected chi connectivity index (χ0v) is 7.16. The number of para-hydroxylation sites is 1. The van der Waals surface area contributed by atoms with Gasteiger partial charge in [0, 0.05) is 11.9 Å². The van der Waals surface area contributed by atoms with Gasteiger partial charge in [-0.25, -0.2) is 0 Å². The summed E-state index contributed by atoms with van der Waals surface area (Å²) in [5, 5.41) is 7.87. The monoisotopic (exact) mass is 177 g/mol. The van der Waals surface area contributed by atoms with E-state index in [0.717, 1.165) is 16.7 Å². The topological polar surface area (TPSA) is 63.9 Å². The van der Waals surface area contributed by atoms with Gasteiger partial charge in [0.2, 0.25) is 0 Å². The van der Waals surface area contributed by atoms with Crippen LogP contribution in [0.3, 0.4) is 0 Å². The summed E-state index contributed by atoms with van der Waals surface area (Å²) in [6.45, 7) is 1.04. The molecule has 3 N–H and O–H groups in total. The molecule has 0 fully saturated rings. The molecular weight excluding hydrogens is 166 g/mol. The molecule has 1 aromatic carbocycles. The fraction of sp³-hybridized carbons (Fsp3) is 0.222. The molecule has 0 saturated carbocycles. The SMILES string of the molecule is NCCOc1cccc2cn[nH]c12. The van der Waals surface area contributed by atoms with Crippen molar-refractivity contribution in [2.75, 3.05) is 13.2 Å². The first-order valence-electron chi connectivity index (χ1n) is 4.17. The van der Waals surface area contributed by atoms with Crippen molar-refractivity contribution < 1.29 is 4.74 Å². The van der Waals surface area contributed by atoms with Crippen molar-refractivity contribution in [3.8, 4) is 5.75 Å². The Labute approximate surface area is 75.7 Å². The molecule has 0 atom stereocenters. The molecule has 0 bridgehead atoms. The molecule has 0 spiro atoms. The molecule has 0 aliphatic rings. The Balaban J connectivity index is 2.37. The lowest BCUT2D eigenvalue weighted by Gasteiger charge is -2.04. The van der Waals surface area contributed by atoms with Gasteiger partial charge in [-0.05, 0) is 6.07 Å². The minimum Gasteiger partial charge on any atom is -0.490 e. The van der Waals surface area contributed by atoms with Gasteiger partial charge in [-0.15, -0.1) is 0 Å². The third-order valence-corrected chi connectivity index (χ3v) is 1.81. The van der Waals surface area contributed by atoms with E-state index < -0.39 is 0 Å². The predicted molar refractivity (Wildman–Crippen MR) is 50.6 cm³/mol. The largest absolute Gasteiger partial charge is 0.490 e. The highest BCUT2D eigenvalue weighted by atomic mass is 16.5. The normalized spacial score (nSPS) is 10.5. The van der Waals surface area contributed by atoms with E-state index in [4.69, 9.17) is 10.5 Å². The van der Waals surface area contributed by atoms with E-state index >= 15 is 0 Å². The highest BCUT2D eigenvalue weighted by molar-refractivity contribution is 5.83. The minimum absolute atomic E-state index is 0.518. The molecule has 4 heteroatoms. The Bertz CT molecular complexity index is 396. The number of fused-ring (bicyclic) bond motifs is 1. The maximum atomic E-state index is 5.43. The smallest absolute Gasteiger partial charge is 0.144 e. The standard InChI is InChI=1S/C9H11N3O/c10-4-5-13-8-3-1-2-7-6-11-12-9(7)8/h1-3,6H,4-5,10H2,(H,11,12). The summed E-state index contributed by atoms with van der Waals surface area (Å²) in [5.41, 5.74) is 6.27. The Hall–Kier alpha value is -1.55. The second-order valence-corrected chi connectivity index (χ2v) is 2.73. The molecule has 0 aliphatic carbocycles. The van der Waals surface area contributed by atoms with Crippen LogP contribution < -0.4 is 10.5 Å². The van der Waals surface area contributed by atoms with Gasteiger partial charge < -0.3 is 10.5 Å². The van der Waals surface area contributed by atoms with E-state index in [1.54, 1.807) is 6.20 Å². The first-order valence-corrected chi connectivity index (χ1v) is 4.17. The van der Waals surface area contributed by atoms with Crippen molar-refractivity contribution in [1.29, 1.82) is 0 Å². The van der Waals surface area contributed by atoms with Gasteiger partial charge in [0.1, 0.15) is 17.9 Å². The van der Waals surface area contributed by atoms with Gasteiger partial charge in [-0.3, -0.25) is 5.10 Å². The zero-order chi connectivity index (χ0) is 9.10. The molecule has 0 saturated heterocycles. The Morgan fingerprint density at radius 2 is 2.38 bits per heavy atom. The fourth-order valence-corrected chi connectivity index (χ4v) is 1.23. The van der Waals surface area contributed by atoms with Crippen LogP contribution in [0.25, 0.3) is 10.9 Å². The summed E-state index contributed by atoms with van der Waals surface area (Å²) in [7, 11) is 0. The van der Waals surface area contributed by atoms with Crippen LogP contribution >= 0.6 is 0 Å². The van der Waals surface area contributed by atoms with E-state index in [-0.39, 0.29) is 0 Å². The number of aromatic nitrogens is 2. The second-order valence-electron chi connectivity index (χ2n) is 2.73. The summed E-state index contributed by atoms with van der Waals surface area (Å²) >= 11 is 0. The summed E-state index contributed by atoms with van der Waals surface area (Å²) in [4.78, 5) is 0. The van der Waals surface area contributed by atoms with Gasteiger partial charge >= 0.3 is 0 Å². The molecule has 0 aliphatic heterocycles. The number of hydrogen-bond donors (Lipinski definition) is 2. The highest BCUT2D eigenvalue weighted by Crippen LogP contribution is 2.22. The summed E-state index contributed by atoms with van der Waals surface area (Å²) in [6.07, 6.45) is 1.77. The second kappa shape index (κ2) is 3.45. The van der Waals surface area contributed by atoms with Crippen molar-refractivity contribution in [1.82, 2.24) is 10.2 Å². The molecule has 1 heterocycles. The van der Waals surface area contributed by atoms with Gasteiger partial charge in [-0.2, -0.15) is 5.10 Å². The number of H-pyrrole nitrogens is 1. The van der Waals surface area contributed by atoms with Crippen LogP contribution in [0.4, 0.5) is 0 Å². The zero-order valence-electron chi connectivity index (χ0n) is 7.16. The fourth-order valence-electron chi connectivity index (χ4n) is 1.23. The number of nitrogens with zero attached hydrogens (tertiary/aromatic N) is 1. The first-order chi connectivity index (χ1) is 6.42. The number of ether oxygens (including phenoxy) is 1. The van der Waals surface area contributed by atoms with Crippen molar-refractivity contribution in [2.45, 2.75) is 0 Å². The molecule has 0 radical (unpaired) electrons. The molecule has 2 rings (SSSR count). The molecule has 0 amide bonds. The number of hydrogen-bond acceptors (Lipinski definition) is 3. The van der Waals surface area contributed by atoms with Crippen LogP contribution in [0.5, 0.6) is 5.75 Å². The number of aromatic amines is 1. The molecule has 1 aromatic heterocycles. The number of nitrogens with two attached hydrogens (primary N) is 1. The number of benzene rings is 1. The minimum atomic E-state index is 0.518. The highest BCUT2D eigenvalue weighted by Gasteiger charge is 2.01. The van der Waals surface area contributed by atoms with Crippen LogP contribution in [0.15, 0.2) is 24.4 Å². The van der Waals surface area contributed by atoms with Gasteiger partial charge in [0.15, 0.2) is 0 Å². The third kappa shape index (κ3) is 1.48. The van der Waals surface area contributed by atoms with Crippen LogP contribution in [0.2, 0.25) is 0 Å². The van der Waals surface area contributed by atoms with Crippen molar-refractivity contribution >= 4 is 10.9 Å². The van der Waals surface area contributed by atoms with Crippen LogP contribution in [-0.2, 0) is 0 Å². The lowest BCUT2D eigenvalue weighted by Crippen LogP contribution is -2.10. The Morgan fingerprint density at radius 3 is 3.23 bits per heavy atom. The quantitative estimate of drug-likeness (QED) is 0.732. The number of rotatable bonds is 3. The maximum absolute atomic E-state index is 5.43. The van der Waals surface area contributed by atoms with E-state index in [0.29, 0.717) is 13.2 Å². The van der Waals surface area contributed by atoms with Gasteiger partial charge in [0.05, 0.1) is 6.20 Å². The van der Waals surface area contributed by atoms with E-state index in [1.807, 2.05) is 18.2 Å². The van der Waals surface area contributed by atoms with Crippen molar-refractivity contribution in [3.63, 3.8) is 0 Å². The lowest BCUT2D eigenvalue weighted by molar-refractivity contribution is 0.331. The summed E-state index contributed by atoms with van der Waals surface area (Å²) < 4.78 is 5.43. The summed E-state index contributed by atoms with van der Waals surface area (Å²) in [6, 6.07) is 5.81. The predicted octanol–water partition coefficient (Wildman–Crippen LogP) is 0.900. The average Bonchev–Trinajstić information content (AvgIpc) is 2.62. The van der Waals surface area contributed by atoms with E-state index in [2.05, 4.69) is 10.2 Å². The molecule has 68 valence electrons. The van der Waals surface area contributed by atoms with E-state index in [1.165, 1.54) is 0 Å². The van der Waals surface area contributed by atoms with Gasteiger partial charge in [-0.1, -0.05) is 12.1 Å². The van der Waals surface area contributed by atoms with E-state index in [9.17, 15) is 0 Å². The Morgan fingerprint density at radius 1 is 1.46 bits per heavy atom. The van der Waals surface area contributed by atoms with Crippen molar-refractivity contribution in [2.24, 2.45) is 5.73 Å². The van der Waals surface area contributed by atoms with Crippen LogP contribution in [-0.4, -0.2) is 23.3 Å². The molecule has 0 unspecified atom stereocenters. The molecule has 13 heavy (non-hydrogen) atoms. The maximum Gasteiger partial charge on any atom is 0.144 e. The summed E-state index contributed by atoms with van der Waals surface area (Å²) in [5.74, 6) is 0.806. The Kier molecular flexibility index (Phi) is 2.14. The lowest BCUT2D eigenvalue weighted by atomic mass is 10.2. The third-order valence-electron chi connectivity index (χ3n) is 1.81. The first kappa shape index (κ1) is 8.07. The molecule has 4 nitrogen and oxygen atoms in total. The molecular formula is C9H11N3O. The van der Waals surface area contributed by atoms with Crippen LogP contribution in [0.1, 0.15) is 0 Å². The van der Waals surface area contributed by atoms with Gasteiger partial charge in [0.25, 0.3) is 0 Å². The van der Waals surface area contributed by atoms with Crippen LogP contribution in [0, 0.1) is 0 Å². The molecule has 2 aromatic rings. The van der Waals surface area contributed by atoms with Crippen molar-refractivity contribution in [3.05, 3.63) is 24.4 Å². The average molecular weight is 177 g/mol. The number of nitrogens with one attached hydrogen (secondary N) is 1.